The zero-order chi connectivity index (χ0) is 19.2. The van der Waals surface area contributed by atoms with Crippen LogP contribution >= 0.6 is 0 Å². The number of benzene rings is 2. The number of nitrogens with two attached hydrogens (primary N) is 1. The summed E-state index contributed by atoms with van der Waals surface area (Å²) in [6, 6.07) is 15.8. The molecule has 0 bridgehead atoms. The van der Waals surface area contributed by atoms with Crippen molar-refractivity contribution in [3.05, 3.63) is 77.6 Å². The molecule has 0 saturated heterocycles. The topological polar surface area (TPSA) is 77.0 Å². The maximum absolute atomic E-state index is 13.1. The first-order chi connectivity index (χ1) is 13.1. The number of hydrogen-bond donors (Lipinski definition) is 1. The third-order valence-corrected chi connectivity index (χ3v) is 4.23. The minimum atomic E-state index is -0.331. The van der Waals surface area contributed by atoms with Gasteiger partial charge in [0.05, 0.1) is 5.69 Å². The van der Waals surface area contributed by atoms with Crippen molar-refractivity contribution in [2.45, 2.75) is 13.3 Å². The molecule has 140 valence electrons. The van der Waals surface area contributed by atoms with E-state index in [1.807, 2.05) is 30.3 Å². The van der Waals surface area contributed by atoms with E-state index in [0.717, 1.165) is 12.0 Å². The van der Waals surface area contributed by atoms with Gasteiger partial charge in [-0.1, -0.05) is 30.3 Å². The Morgan fingerprint density at radius 1 is 1.11 bits per heavy atom. The summed E-state index contributed by atoms with van der Waals surface area (Å²) < 4.78 is 14.7. The van der Waals surface area contributed by atoms with E-state index in [-0.39, 0.29) is 17.5 Å². The lowest BCUT2D eigenvalue weighted by Gasteiger charge is -2.20. The molecular weight excluding hydrogens is 345 g/mol. The average molecular weight is 367 g/mol. The molecule has 0 aliphatic heterocycles. The van der Waals surface area contributed by atoms with Gasteiger partial charge in [0.15, 0.2) is 0 Å². The number of rotatable bonds is 7. The molecule has 0 atom stereocenters. The van der Waals surface area contributed by atoms with Gasteiger partial charge in [0.2, 0.25) is 5.82 Å². The molecule has 1 aromatic heterocycles. The van der Waals surface area contributed by atoms with Crippen molar-refractivity contribution < 1.29 is 9.18 Å². The summed E-state index contributed by atoms with van der Waals surface area (Å²) in [5, 5.41) is 4.32. The molecule has 0 fully saturated rings. The predicted molar refractivity (Wildman–Crippen MR) is 101 cm³/mol. The molecule has 3 rings (SSSR count). The number of aromatic nitrogens is 3. The van der Waals surface area contributed by atoms with Gasteiger partial charge in [0.1, 0.15) is 11.6 Å². The molecule has 2 aromatic carbocycles. The van der Waals surface area contributed by atoms with Crippen molar-refractivity contribution in [3.8, 4) is 5.69 Å². The molecule has 0 saturated carbocycles. The summed E-state index contributed by atoms with van der Waals surface area (Å²) in [5.74, 6) is 0.0715. The normalized spacial score (nSPS) is 10.8. The summed E-state index contributed by atoms with van der Waals surface area (Å²) in [6.45, 7) is 3.07. The van der Waals surface area contributed by atoms with E-state index in [0.29, 0.717) is 31.1 Å². The SMILES string of the molecule is Cc1nc(C(=O)N(CCN)CCc2ccccc2)nn1-c1ccc(F)cc1. The van der Waals surface area contributed by atoms with Crippen LogP contribution in [0.25, 0.3) is 5.69 Å². The van der Waals surface area contributed by atoms with Crippen LogP contribution in [0.15, 0.2) is 54.6 Å². The number of nitrogens with zero attached hydrogens (tertiary/aromatic N) is 4. The van der Waals surface area contributed by atoms with E-state index in [9.17, 15) is 9.18 Å². The lowest BCUT2D eigenvalue weighted by Crippen LogP contribution is -2.37. The van der Waals surface area contributed by atoms with Gasteiger partial charge in [0, 0.05) is 19.6 Å². The van der Waals surface area contributed by atoms with Crippen LogP contribution in [0.4, 0.5) is 4.39 Å². The van der Waals surface area contributed by atoms with Crippen molar-refractivity contribution in [1.29, 1.82) is 0 Å². The second-order valence-corrected chi connectivity index (χ2v) is 6.19. The molecule has 2 N–H and O–H groups in total. The quantitative estimate of drug-likeness (QED) is 0.695. The molecule has 27 heavy (non-hydrogen) atoms. The molecule has 7 heteroatoms. The molecule has 0 radical (unpaired) electrons. The van der Waals surface area contributed by atoms with Gasteiger partial charge in [-0.25, -0.2) is 14.1 Å². The maximum atomic E-state index is 13.1. The second-order valence-electron chi connectivity index (χ2n) is 6.19. The van der Waals surface area contributed by atoms with E-state index in [1.165, 1.54) is 16.8 Å². The Balaban J connectivity index is 1.77. The monoisotopic (exact) mass is 367 g/mol. The van der Waals surface area contributed by atoms with E-state index >= 15 is 0 Å². The zero-order valence-electron chi connectivity index (χ0n) is 15.2. The molecule has 0 unspecified atom stereocenters. The largest absolute Gasteiger partial charge is 0.334 e. The summed E-state index contributed by atoms with van der Waals surface area (Å²) in [4.78, 5) is 18.8. The Kier molecular flexibility index (Phi) is 5.93. The first-order valence-electron chi connectivity index (χ1n) is 8.81. The summed E-state index contributed by atoms with van der Waals surface area (Å²) >= 11 is 0. The molecule has 6 nitrogen and oxygen atoms in total. The van der Waals surface area contributed by atoms with Crippen molar-refractivity contribution in [1.82, 2.24) is 19.7 Å². The average Bonchev–Trinajstić information content (AvgIpc) is 3.08. The van der Waals surface area contributed by atoms with Gasteiger partial charge in [-0.05, 0) is 43.2 Å². The predicted octanol–water partition coefficient (Wildman–Crippen LogP) is 2.36. The van der Waals surface area contributed by atoms with Crippen LogP contribution in [0.2, 0.25) is 0 Å². The number of carbonyl (C=O) groups excluding carboxylic acids is 1. The molecule has 0 spiro atoms. The summed E-state index contributed by atoms with van der Waals surface area (Å²) in [5.41, 5.74) is 7.47. The van der Waals surface area contributed by atoms with Crippen molar-refractivity contribution in [3.63, 3.8) is 0 Å². The standard InChI is InChI=1S/C20H22FN5O/c1-15-23-19(24-26(15)18-9-7-17(21)8-10-18)20(27)25(14-12-22)13-11-16-5-3-2-4-6-16/h2-10H,11-14,22H2,1H3. The van der Waals surface area contributed by atoms with Crippen LogP contribution in [0, 0.1) is 12.7 Å². The van der Waals surface area contributed by atoms with Crippen LogP contribution in [-0.2, 0) is 6.42 Å². The van der Waals surface area contributed by atoms with Gasteiger partial charge in [-0.3, -0.25) is 4.79 Å². The minimum Gasteiger partial charge on any atom is -0.334 e. The van der Waals surface area contributed by atoms with Gasteiger partial charge >= 0.3 is 0 Å². The van der Waals surface area contributed by atoms with Crippen LogP contribution in [-0.4, -0.2) is 45.2 Å². The van der Waals surface area contributed by atoms with Gasteiger partial charge in [-0.15, -0.1) is 5.10 Å². The maximum Gasteiger partial charge on any atom is 0.293 e. The number of amides is 1. The second kappa shape index (κ2) is 8.55. The van der Waals surface area contributed by atoms with Gasteiger partial charge < -0.3 is 10.6 Å². The van der Waals surface area contributed by atoms with E-state index < -0.39 is 0 Å². The van der Waals surface area contributed by atoms with E-state index in [1.54, 1.807) is 24.0 Å². The summed E-state index contributed by atoms with van der Waals surface area (Å²) in [7, 11) is 0. The highest BCUT2D eigenvalue weighted by Crippen LogP contribution is 2.12. The fourth-order valence-electron chi connectivity index (χ4n) is 2.83. The third kappa shape index (κ3) is 4.57. The fourth-order valence-corrected chi connectivity index (χ4v) is 2.83. The highest BCUT2D eigenvalue weighted by atomic mass is 19.1. The Hall–Kier alpha value is -3.06. The lowest BCUT2D eigenvalue weighted by molar-refractivity contribution is 0.0750. The van der Waals surface area contributed by atoms with Crippen molar-refractivity contribution >= 4 is 5.91 Å². The van der Waals surface area contributed by atoms with E-state index in [4.69, 9.17) is 5.73 Å². The first-order valence-corrected chi connectivity index (χ1v) is 8.81. The molecule has 0 aliphatic rings. The van der Waals surface area contributed by atoms with Crippen LogP contribution < -0.4 is 5.73 Å². The molecular formula is C20H22FN5O. The Morgan fingerprint density at radius 2 is 1.81 bits per heavy atom. The summed E-state index contributed by atoms with van der Waals surface area (Å²) in [6.07, 6.45) is 0.726. The highest BCUT2D eigenvalue weighted by molar-refractivity contribution is 5.90. The van der Waals surface area contributed by atoms with Crippen LogP contribution in [0.3, 0.4) is 0 Å². The van der Waals surface area contributed by atoms with Crippen molar-refractivity contribution in [2.24, 2.45) is 5.73 Å². The van der Waals surface area contributed by atoms with Gasteiger partial charge in [0.25, 0.3) is 5.91 Å². The number of hydrogen-bond acceptors (Lipinski definition) is 4. The molecule has 3 aromatic rings. The number of carbonyl (C=O) groups is 1. The van der Waals surface area contributed by atoms with Crippen LogP contribution in [0.5, 0.6) is 0 Å². The van der Waals surface area contributed by atoms with Crippen LogP contribution in [0.1, 0.15) is 22.0 Å². The lowest BCUT2D eigenvalue weighted by atomic mass is 10.1. The fraction of sp³-hybridized carbons (Fsp3) is 0.250. The van der Waals surface area contributed by atoms with Crippen molar-refractivity contribution in [2.75, 3.05) is 19.6 Å². The first kappa shape index (κ1) is 18.7. The number of halogens is 1. The molecule has 1 amide bonds. The third-order valence-electron chi connectivity index (χ3n) is 4.23. The van der Waals surface area contributed by atoms with E-state index in [2.05, 4.69) is 10.1 Å². The Labute approximate surface area is 157 Å². The minimum absolute atomic E-state index is 0.110. The zero-order valence-corrected chi connectivity index (χ0v) is 15.2. The molecule has 0 aliphatic carbocycles. The smallest absolute Gasteiger partial charge is 0.293 e. The van der Waals surface area contributed by atoms with Gasteiger partial charge in [-0.2, -0.15) is 0 Å². The molecule has 1 heterocycles. The highest BCUT2D eigenvalue weighted by Gasteiger charge is 2.21. The number of aryl methyl sites for hydroxylation is 1. The Morgan fingerprint density at radius 3 is 2.48 bits per heavy atom. The Bertz CT molecular complexity index is 892.